The van der Waals surface area contributed by atoms with Gasteiger partial charge in [0, 0.05) is 19.5 Å². The second kappa shape index (κ2) is 11.9. The number of benzene rings is 1. The van der Waals surface area contributed by atoms with Crippen molar-refractivity contribution >= 4 is 29.9 Å². The van der Waals surface area contributed by atoms with Crippen LogP contribution in [0, 0.1) is 0 Å². The first kappa shape index (κ1) is 19.5. The molecule has 0 unspecified atom stereocenters. The number of guanidine groups is 1. The van der Waals surface area contributed by atoms with Gasteiger partial charge in [0.05, 0.1) is 19.5 Å². The van der Waals surface area contributed by atoms with Crippen molar-refractivity contribution < 1.29 is 8.81 Å². The number of alkyl halides is 1. The Labute approximate surface area is 153 Å². The van der Waals surface area contributed by atoms with Crippen LogP contribution in [0.4, 0.5) is 4.39 Å². The van der Waals surface area contributed by atoms with E-state index in [9.17, 15) is 4.39 Å². The summed E-state index contributed by atoms with van der Waals surface area (Å²) in [6.07, 6.45) is 2.92. The maximum atomic E-state index is 12.2. The van der Waals surface area contributed by atoms with E-state index in [1.54, 1.807) is 6.26 Å². The van der Waals surface area contributed by atoms with Crippen LogP contribution in [-0.4, -0.2) is 25.7 Å². The van der Waals surface area contributed by atoms with E-state index in [1.807, 2.05) is 42.5 Å². The molecule has 0 spiro atoms. The zero-order valence-corrected chi connectivity index (χ0v) is 15.3. The van der Waals surface area contributed by atoms with Crippen LogP contribution in [0.3, 0.4) is 0 Å². The number of hydrogen-bond donors (Lipinski definition) is 2. The summed E-state index contributed by atoms with van der Waals surface area (Å²) in [6, 6.07) is 13.8. The molecule has 0 saturated heterocycles. The van der Waals surface area contributed by atoms with Gasteiger partial charge >= 0.3 is 0 Å². The van der Waals surface area contributed by atoms with E-state index in [0.717, 1.165) is 17.7 Å². The Morgan fingerprint density at radius 2 is 1.83 bits per heavy atom. The monoisotopic (exact) mass is 431 g/mol. The van der Waals surface area contributed by atoms with Crippen LogP contribution in [-0.2, 0) is 13.0 Å². The molecule has 2 N–H and O–H groups in total. The number of aliphatic imine (C=N–C) groups is 1. The molecular formula is C17H23FIN3O. The molecule has 0 saturated carbocycles. The molecule has 0 atom stereocenters. The van der Waals surface area contributed by atoms with Crippen molar-refractivity contribution in [3.05, 3.63) is 60.1 Å². The zero-order valence-electron chi connectivity index (χ0n) is 13.0. The van der Waals surface area contributed by atoms with Crippen molar-refractivity contribution in [3.8, 4) is 0 Å². The van der Waals surface area contributed by atoms with Gasteiger partial charge in [-0.05, 0) is 24.1 Å². The lowest BCUT2D eigenvalue weighted by atomic mass is 10.2. The van der Waals surface area contributed by atoms with Gasteiger partial charge in [0.25, 0.3) is 0 Å². The van der Waals surface area contributed by atoms with Crippen molar-refractivity contribution in [1.29, 1.82) is 0 Å². The van der Waals surface area contributed by atoms with Crippen LogP contribution < -0.4 is 10.6 Å². The van der Waals surface area contributed by atoms with E-state index in [4.69, 9.17) is 4.42 Å². The summed E-state index contributed by atoms with van der Waals surface area (Å²) < 4.78 is 17.5. The Morgan fingerprint density at radius 3 is 2.52 bits per heavy atom. The zero-order chi connectivity index (χ0) is 15.5. The van der Waals surface area contributed by atoms with E-state index in [1.165, 1.54) is 0 Å². The van der Waals surface area contributed by atoms with Crippen molar-refractivity contribution in [2.45, 2.75) is 19.4 Å². The highest BCUT2D eigenvalue weighted by Gasteiger charge is 2.00. The van der Waals surface area contributed by atoms with E-state index >= 15 is 0 Å². The van der Waals surface area contributed by atoms with Gasteiger partial charge in [-0.1, -0.05) is 30.3 Å². The lowest BCUT2D eigenvalue weighted by Crippen LogP contribution is -2.39. The number of furan rings is 1. The van der Waals surface area contributed by atoms with E-state index < -0.39 is 0 Å². The summed E-state index contributed by atoms with van der Waals surface area (Å²) >= 11 is 0. The van der Waals surface area contributed by atoms with Crippen molar-refractivity contribution in [3.63, 3.8) is 0 Å². The maximum Gasteiger partial charge on any atom is 0.191 e. The normalized spacial score (nSPS) is 10.9. The molecule has 1 heterocycles. The standard InChI is InChI=1S/C17H22FN3O.HI/c18-10-5-11-19-17(20-12-9-16-8-4-13-22-16)21-14-15-6-2-1-3-7-15;/h1-4,6-8,13H,5,9-12,14H2,(H2,19,20,21);1H. The molecule has 6 heteroatoms. The average Bonchev–Trinajstić information content (AvgIpc) is 3.06. The molecule has 0 radical (unpaired) electrons. The third-order valence-electron chi connectivity index (χ3n) is 3.11. The molecule has 0 aliphatic carbocycles. The van der Waals surface area contributed by atoms with Crippen LogP contribution in [0.1, 0.15) is 17.7 Å². The second-order valence-electron chi connectivity index (χ2n) is 4.88. The number of nitrogens with zero attached hydrogens (tertiary/aromatic N) is 1. The molecule has 23 heavy (non-hydrogen) atoms. The molecule has 126 valence electrons. The van der Waals surface area contributed by atoms with Gasteiger partial charge in [-0.2, -0.15) is 0 Å². The molecule has 1 aromatic heterocycles. The van der Waals surface area contributed by atoms with Gasteiger partial charge in [0.1, 0.15) is 5.76 Å². The molecule has 0 aliphatic rings. The van der Waals surface area contributed by atoms with Crippen LogP contribution >= 0.6 is 24.0 Å². The number of hydrogen-bond acceptors (Lipinski definition) is 2. The number of halogens is 2. The fourth-order valence-corrected chi connectivity index (χ4v) is 1.96. The Morgan fingerprint density at radius 1 is 1.04 bits per heavy atom. The van der Waals surface area contributed by atoms with Gasteiger partial charge in [-0.3, -0.25) is 4.39 Å². The van der Waals surface area contributed by atoms with E-state index in [0.29, 0.717) is 32.0 Å². The van der Waals surface area contributed by atoms with Crippen LogP contribution in [0.5, 0.6) is 0 Å². The summed E-state index contributed by atoms with van der Waals surface area (Å²) in [5, 5.41) is 6.38. The highest BCUT2D eigenvalue weighted by Crippen LogP contribution is 2.01. The minimum atomic E-state index is -0.328. The third kappa shape index (κ3) is 8.01. The molecule has 2 aromatic rings. The summed E-state index contributed by atoms with van der Waals surface area (Å²) in [7, 11) is 0. The van der Waals surface area contributed by atoms with Crippen molar-refractivity contribution in [2.24, 2.45) is 4.99 Å². The van der Waals surface area contributed by atoms with Gasteiger partial charge in [-0.25, -0.2) is 4.99 Å². The van der Waals surface area contributed by atoms with Gasteiger partial charge < -0.3 is 15.1 Å². The van der Waals surface area contributed by atoms with Crippen LogP contribution in [0.15, 0.2) is 58.1 Å². The first-order valence-electron chi connectivity index (χ1n) is 7.53. The average molecular weight is 431 g/mol. The van der Waals surface area contributed by atoms with Gasteiger partial charge in [0.15, 0.2) is 5.96 Å². The molecule has 0 bridgehead atoms. The predicted molar refractivity (Wildman–Crippen MR) is 102 cm³/mol. The molecule has 0 amide bonds. The molecule has 2 rings (SSSR count). The summed E-state index contributed by atoms with van der Waals surface area (Å²) in [5.41, 5.74) is 1.14. The third-order valence-corrected chi connectivity index (χ3v) is 3.11. The fraction of sp³-hybridized carbons (Fsp3) is 0.353. The Bertz CT molecular complexity index is 546. The fourth-order valence-electron chi connectivity index (χ4n) is 1.96. The molecule has 4 nitrogen and oxygen atoms in total. The van der Waals surface area contributed by atoms with Crippen LogP contribution in [0.25, 0.3) is 0 Å². The molecule has 0 aliphatic heterocycles. The highest BCUT2D eigenvalue weighted by molar-refractivity contribution is 14.0. The molecule has 1 aromatic carbocycles. The minimum absolute atomic E-state index is 0. The minimum Gasteiger partial charge on any atom is -0.469 e. The Kier molecular flexibility index (Phi) is 10.1. The Balaban J connectivity index is 0.00000264. The first-order chi connectivity index (χ1) is 10.9. The topological polar surface area (TPSA) is 49.6 Å². The highest BCUT2D eigenvalue weighted by atomic mass is 127. The SMILES string of the molecule is FCCCNC(=NCc1ccccc1)NCCc1ccco1.I. The summed E-state index contributed by atoms with van der Waals surface area (Å²) in [6.45, 7) is 1.54. The molecular weight excluding hydrogens is 408 g/mol. The second-order valence-corrected chi connectivity index (χ2v) is 4.88. The predicted octanol–water partition coefficient (Wildman–Crippen LogP) is 3.54. The largest absolute Gasteiger partial charge is 0.469 e. The van der Waals surface area contributed by atoms with Crippen LogP contribution in [0.2, 0.25) is 0 Å². The summed E-state index contributed by atoms with van der Waals surface area (Å²) in [5.74, 6) is 1.63. The van der Waals surface area contributed by atoms with Gasteiger partial charge in [0.2, 0.25) is 0 Å². The lowest BCUT2D eigenvalue weighted by Gasteiger charge is -2.11. The van der Waals surface area contributed by atoms with E-state index in [-0.39, 0.29) is 30.7 Å². The van der Waals surface area contributed by atoms with Crippen molar-refractivity contribution in [2.75, 3.05) is 19.8 Å². The van der Waals surface area contributed by atoms with E-state index in [2.05, 4.69) is 15.6 Å². The smallest absolute Gasteiger partial charge is 0.191 e. The first-order valence-corrected chi connectivity index (χ1v) is 7.53. The molecule has 0 fully saturated rings. The van der Waals surface area contributed by atoms with Gasteiger partial charge in [-0.15, -0.1) is 24.0 Å². The summed E-state index contributed by atoms with van der Waals surface area (Å²) in [4.78, 5) is 4.53. The Hall–Kier alpha value is -1.57. The van der Waals surface area contributed by atoms with Crippen molar-refractivity contribution in [1.82, 2.24) is 10.6 Å². The lowest BCUT2D eigenvalue weighted by molar-refractivity contribution is 0.470. The number of nitrogens with one attached hydrogen (secondary N) is 2. The maximum absolute atomic E-state index is 12.2. The quantitative estimate of drug-likeness (QED) is 0.291. The number of rotatable bonds is 8.